The Bertz CT molecular complexity index is 577. The monoisotopic (exact) mass is 367 g/mol. The molecule has 0 bridgehead atoms. The zero-order chi connectivity index (χ0) is 19.5. The molecule has 1 aromatic carbocycles. The maximum atomic E-state index is 9.10. The van der Waals surface area contributed by atoms with Gasteiger partial charge in [0, 0.05) is 6.04 Å². The van der Waals surface area contributed by atoms with Gasteiger partial charge in [-0.15, -0.1) is 0 Å². The van der Waals surface area contributed by atoms with Gasteiger partial charge in [-0.3, -0.25) is 0 Å². The van der Waals surface area contributed by atoms with Crippen LogP contribution in [-0.2, 0) is 16.0 Å². The van der Waals surface area contributed by atoms with Crippen LogP contribution < -0.4 is 14.8 Å². The summed E-state index contributed by atoms with van der Waals surface area (Å²) in [4.78, 5) is 18.2. The summed E-state index contributed by atoms with van der Waals surface area (Å²) in [5.74, 6) is -1.22. The maximum Gasteiger partial charge on any atom is 0.414 e. The SMILES string of the molecule is COc1ccc(CCNC2CCCCC2C)cc1OC.O=C(O)C(=O)O. The zero-order valence-corrected chi connectivity index (χ0v) is 15.7. The molecule has 2 rings (SSSR count). The van der Waals surface area contributed by atoms with E-state index >= 15 is 0 Å². The largest absolute Gasteiger partial charge is 0.493 e. The third-order valence-electron chi connectivity index (χ3n) is 4.56. The van der Waals surface area contributed by atoms with Crippen molar-refractivity contribution in [2.45, 2.75) is 45.1 Å². The highest BCUT2D eigenvalue weighted by molar-refractivity contribution is 6.27. The molecular formula is C19H29NO6. The number of nitrogens with one attached hydrogen (secondary N) is 1. The van der Waals surface area contributed by atoms with Crippen LogP contribution in [0, 0.1) is 5.92 Å². The molecule has 7 heteroatoms. The van der Waals surface area contributed by atoms with Crippen molar-refractivity contribution in [3.8, 4) is 11.5 Å². The molecule has 1 saturated carbocycles. The van der Waals surface area contributed by atoms with Gasteiger partial charge < -0.3 is 25.0 Å². The normalized spacial score (nSPS) is 19.0. The number of benzene rings is 1. The van der Waals surface area contributed by atoms with Gasteiger partial charge in [-0.25, -0.2) is 9.59 Å². The molecular weight excluding hydrogens is 338 g/mol. The number of carboxylic acid groups (broad SMARTS) is 2. The summed E-state index contributed by atoms with van der Waals surface area (Å²) in [5, 5.41) is 18.5. The smallest absolute Gasteiger partial charge is 0.414 e. The van der Waals surface area contributed by atoms with E-state index in [9.17, 15) is 0 Å². The Morgan fingerprint density at radius 2 is 1.69 bits per heavy atom. The summed E-state index contributed by atoms with van der Waals surface area (Å²) in [6.07, 6.45) is 6.50. The molecule has 2 unspecified atom stereocenters. The van der Waals surface area contributed by atoms with Crippen molar-refractivity contribution in [1.29, 1.82) is 0 Å². The molecule has 1 fully saturated rings. The third-order valence-corrected chi connectivity index (χ3v) is 4.56. The molecule has 2 atom stereocenters. The molecule has 1 aliphatic rings. The van der Waals surface area contributed by atoms with Crippen LogP contribution in [0.5, 0.6) is 11.5 Å². The summed E-state index contributed by atoms with van der Waals surface area (Å²) >= 11 is 0. The van der Waals surface area contributed by atoms with Crippen LogP contribution in [0.2, 0.25) is 0 Å². The van der Waals surface area contributed by atoms with Crippen molar-refractivity contribution < 1.29 is 29.3 Å². The lowest BCUT2D eigenvalue weighted by Crippen LogP contribution is -2.38. The number of aliphatic carboxylic acids is 2. The van der Waals surface area contributed by atoms with E-state index in [4.69, 9.17) is 29.3 Å². The Kier molecular flexibility index (Phi) is 9.51. The Morgan fingerprint density at radius 3 is 2.23 bits per heavy atom. The lowest BCUT2D eigenvalue weighted by molar-refractivity contribution is -0.159. The number of methoxy groups -OCH3 is 2. The topological polar surface area (TPSA) is 105 Å². The van der Waals surface area contributed by atoms with Crippen molar-refractivity contribution in [3.05, 3.63) is 23.8 Å². The molecule has 1 aromatic rings. The predicted octanol–water partition coefficient (Wildman–Crippen LogP) is 2.57. The van der Waals surface area contributed by atoms with E-state index in [-0.39, 0.29) is 0 Å². The Labute approximate surface area is 154 Å². The fourth-order valence-electron chi connectivity index (χ4n) is 3.06. The minimum absolute atomic E-state index is 0.698. The average molecular weight is 367 g/mol. The minimum Gasteiger partial charge on any atom is -0.493 e. The number of hydrogen-bond acceptors (Lipinski definition) is 5. The molecule has 0 aliphatic heterocycles. The highest BCUT2D eigenvalue weighted by Crippen LogP contribution is 2.28. The van der Waals surface area contributed by atoms with Crippen molar-refractivity contribution in [2.75, 3.05) is 20.8 Å². The Morgan fingerprint density at radius 1 is 1.08 bits per heavy atom. The van der Waals surface area contributed by atoms with Crippen LogP contribution in [0.1, 0.15) is 38.2 Å². The predicted molar refractivity (Wildman–Crippen MR) is 97.9 cm³/mol. The first-order valence-corrected chi connectivity index (χ1v) is 8.79. The van der Waals surface area contributed by atoms with Gasteiger partial charge in [0.05, 0.1) is 14.2 Å². The molecule has 0 spiro atoms. The number of carboxylic acids is 2. The van der Waals surface area contributed by atoms with Crippen molar-refractivity contribution in [1.82, 2.24) is 5.32 Å². The molecule has 0 aromatic heterocycles. The highest BCUT2D eigenvalue weighted by Gasteiger charge is 2.20. The summed E-state index contributed by atoms with van der Waals surface area (Å²) in [5.41, 5.74) is 1.29. The second kappa shape index (κ2) is 11.4. The highest BCUT2D eigenvalue weighted by atomic mass is 16.5. The summed E-state index contributed by atoms with van der Waals surface area (Å²) in [6, 6.07) is 6.87. The summed E-state index contributed by atoms with van der Waals surface area (Å²) in [7, 11) is 3.35. The van der Waals surface area contributed by atoms with E-state index in [1.54, 1.807) is 14.2 Å². The fraction of sp³-hybridized carbons (Fsp3) is 0.579. The molecule has 1 aliphatic carbocycles. The van der Waals surface area contributed by atoms with Gasteiger partial charge in [0.25, 0.3) is 0 Å². The lowest BCUT2D eigenvalue weighted by Gasteiger charge is -2.29. The van der Waals surface area contributed by atoms with E-state index in [0.717, 1.165) is 30.4 Å². The van der Waals surface area contributed by atoms with Gasteiger partial charge in [0.2, 0.25) is 0 Å². The number of rotatable bonds is 6. The van der Waals surface area contributed by atoms with Crippen molar-refractivity contribution in [3.63, 3.8) is 0 Å². The van der Waals surface area contributed by atoms with Crippen LogP contribution in [-0.4, -0.2) is 49.0 Å². The van der Waals surface area contributed by atoms with Crippen LogP contribution in [0.15, 0.2) is 18.2 Å². The Hall–Kier alpha value is -2.28. The second-order valence-electron chi connectivity index (χ2n) is 6.37. The zero-order valence-electron chi connectivity index (χ0n) is 15.7. The first-order valence-electron chi connectivity index (χ1n) is 8.79. The van der Waals surface area contributed by atoms with E-state index in [0.29, 0.717) is 6.04 Å². The van der Waals surface area contributed by atoms with Gasteiger partial charge in [-0.1, -0.05) is 25.8 Å². The minimum atomic E-state index is -1.82. The summed E-state index contributed by atoms with van der Waals surface area (Å²) < 4.78 is 10.6. The first-order chi connectivity index (χ1) is 12.4. The van der Waals surface area contributed by atoms with Crippen LogP contribution in [0.25, 0.3) is 0 Å². The van der Waals surface area contributed by atoms with E-state index < -0.39 is 11.9 Å². The summed E-state index contributed by atoms with van der Waals surface area (Å²) in [6.45, 7) is 3.40. The molecule has 0 amide bonds. The standard InChI is InChI=1S/C17H27NO2.C2H2O4/c1-13-6-4-5-7-15(13)18-11-10-14-8-9-16(19-2)17(12-14)20-3;3-1(4)2(5)6/h8-9,12-13,15,18H,4-7,10-11H2,1-3H3;(H,3,4)(H,5,6). The van der Waals surface area contributed by atoms with E-state index in [1.807, 2.05) is 6.07 Å². The van der Waals surface area contributed by atoms with E-state index in [2.05, 4.69) is 24.4 Å². The van der Waals surface area contributed by atoms with Crippen LogP contribution in [0.4, 0.5) is 0 Å². The van der Waals surface area contributed by atoms with Crippen molar-refractivity contribution in [2.24, 2.45) is 5.92 Å². The van der Waals surface area contributed by atoms with Crippen molar-refractivity contribution >= 4 is 11.9 Å². The molecule has 3 N–H and O–H groups in total. The van der Waals surface area contributed by atoms with Crippen LogP contribution in [0.3, 0.4) is 0 Å². The van der Waals surface area contributed by atoms with E-state index in [1.165, 1.54) is 31.2 Å². The van der Waals surface area contributed by atoms with Gasteiger partial charge in [0.15, 0.2) is 11.5 Å². The van der Waals surface area contributed by atoms with Gasteiger partial charge in [0.1, 0.15) is 0 Å². The first kappa shape index (κ1) is 21.8. The third kappa shape index (κ3) is 7.31. The van der Waals surface area contributed by atoms with Gasteiger partial charge >= 0.3 is 11.9 Å². The molecule has 0 radical (unpaired) electrons. The molecule has 0 heterocycles. The fourth-order valence-corrected chi connectivity index (χ4v) is 3.06. The molecule has 0 saturated heterocycles. The number of hydrogen-bond donors (Lipinski definition) is 3. The number of carbonyl (C=O) groups is 2. The molecule has 7 nitrogen and oxygen atoms in total. The van der Waals surface area contributed by atoms with Gasteiger partial charge in [-0.05, 0) is 49.4 Å². The number of ether oxygens (including phenoxy) is 2. The molecule has 26 heavy (non-hydrogen) atoms. The Balaban J connectivity index is 0.000000487. The van der Waals surface area contributed by atoms with Crippen LogP contribution >= 0.6 is 0 Å². The second-order valence-corrected chi connectivity index (χ2v) is 6.37. The lowest BCUT2D eigenvalue weighted by atomic mass is 9.86. The quantitative estimate of drug-likeness (QED) is 0.664. The molecule has 146 valence electrons. The average Bonchev–Trinajstić information content (AvgIpc) is 2.63. The maximum absolute atomic E-state index is 9.10. The van der Waals surface area contributed by atoms with Gasteiger partial charge in [-0.2, -0.15) is 0 Å².